The zero-order chi connectivity index (χ0) is 13.1. The van der Waals surface area contributed by atoms with E-state index in [0.717, 1.165) is 17.7 Å². The van der Waals surface area contributed by atoms with Crippen molar-refractivity contribution < 1.29 is 4.74 Å². The molecular weight excluding hydrogens is 210 g/mol. The Kier molecular flexibility index (Phi) is 8.98. The van der Waals surface area contributed by atoms with Crippen molar-refractivity contribution in [2.45, 2.75) is 26.4 Å². The van der Waals surface area contributed by atoms with Crippen LogP contribution in [0.15, 0.2) is 54.6 Å². The highest BCUT2D eigenvalue weighted by Gasteiger charge is 1.99. The summed E-state index contributed by atoms with van der Waals surface area (Å²) in [5, 5.41) is 0. The van der Waals surface area contributed by atoms with Crippen LogP contribution in [-0.4, -0.2) is 25.0 Å². The van der Waals surface area contributed by atoms with Gasteiger partial charge < -0.3 is 4.74 Å². The van der Waals surface area contributed by atoms with E-state index in [1.165, 1.54) is 0 Å². The van der Waals surface area contributed by atoms with Gasteiger partial charge in [0.1, 0.15) is 0 Å². The van der Waals surface area contributed by atoms with Crippen LogP contribution in [0.25, 0.3) is 0 Å². The lowest BCUT2D eigenvalue weighted by Gasteiger charge is -2.08. The molecule has 0 bridgehead atoms. The van der Waals surface area contributed by atoms with Crippen LogP contribution in [0.2, 0.25) is 0 Å². The predicted molar refractivity (Wildman–Crippen MR) is 76.7 cm³/mol. The molecule has 0 aromatic heterocycles. The molecule has 0 saturated carbocycles. The van der Waals surface area contributed by atoms with E-state index in [-0.39, 0.29) is 6.10 Å². The summed E-state index contributed by atoms with van der Waals surface area (Å²) in [7, 11) is 0. The molecule has 94 valence electrons. The van der Waals surface area contributed by atoms with Crippen molar-refractivity contribution in [3.8, 4) is 0 Å². The number of allylic oxidation sites excluding steroid dienone is 2. The SMILES string of the molecule is C=CC/C=C\C(COC(C)C=C)=NCC(=C)C. The van der Waals surface area contributed by atoms with E-state index < -0.39 is 0 Å². The van der Waals surface area contributed by atoms with Crippen molar-refractivity contribution in [1.29, 1.82) is 0 Å². The molecule has 0 N–H and O–H groups in total. The molecule has 0 radical (unpaired) electrons. The Morgan fingerprint density at radius 1 is 1.41 bits per heavy atom. The van der Waals surface area contributed by atoms with Gasteiger partial charge in [-0.15, -0.1) is 13.2 Å². The van der Waals surface area contributed by atoms with E-state index in [1.807, 2.05) is 32.1 Å². The third kappa shape index (κ3) is 9.52. The molecule has 17 heavy (non-hydrogen) atoms. The van der Waals surface area contributed by atoms with Crippen LogP contribution in [0.3, 0.4) is 0 Å². The van der Waals surface area contributed by atoms with Gasteiger partial charge in [0.15, 0.2) is 0 Å². The van der Waals surface area contributed by atoms with Crippen molar-refractivity contribution in [2.75, 3.05) is 13.2 Å². The maximum absolute atomic E-state index is 5.56. The molecule has 0 heterocycles. The van der Waals surface area contributed by atoms with Gasteiger partial charge in [-0.05, 0) is 26.3 Å². The van der Waals surface area contributed by atoms with Crippen molar-refractivity contribution in [3.63, 3.8) is 0 Å². The van der Waals surface area contributed by atoms with Crippen LogP contribution in [0, 0.1) is 0 Å². The Balaban J connectivity index is 4.38. The summed E-state index contributed by atoms with van der Waals surface area (Å²) in [5.41, 5.74) is 1.96. The molecule has 0 aliphatic heterocycles. The van der Waals surface area contributed by atoms with Crippen molar-refractivity contribution in [2.24, 2.45) is 4.99 Å². The zero-order valence-corrected chi connectivity index (χ0v) is 11.0. The third-order valence-corrected chi connectivity index (χ3v) is 1.99. The number of aliphatic imine (C=N–C) groups is 1. The number of rotatable bonds is 9. The minimum Gasteiger partial charge on any atom is -0.368 e. The van der Waals surface area contributed by atoms with Crippen LogP contribution < -0.4 is 0 Å². The first-order valence-corrected chi connectivity index (χ1v) is 5.79. The van der Waals surface area contributed by atoms with Gasteiger partial charge in [0.05, 0.1) is 25.0 Å². The van der Waals surface area contributed by atoms with Gasteiger partial charge in [0.25, 0.3) is 0 Å². The number of hydrogen-bond donors (Lipinski definition) is 0. The average Bonchev–Trinajstić information content (AvgIpc) is 2.31. The van der Waals surface area contributed by atoms with Crippen LogP contribution in [0.5, 0.6) is 0 Å². The van der Waals surface area contributed by atoms with Crippen molar-refractivity contribution in [1.82, 2.24) is 0 Å². The molecule has 0 aromatic carbocycles. The Morgan fingerprint density at radius 2 is 2.12 bits per heavy atom. The first-order chi connectivity index (χ1) is 8.10. The lowest BCUT2D eigenvalue weighted by molar-refractivity contribution is 0.132. The van der Waals surface area contributed by atoms with Gasteiger partial charge in [0.2, 0.25) is 0 Å². The summed E-state index contributed by atoms with van der Waals surface area (Å²) in [6.45, 7) is 16.2. The second-order valence-corrected chi connectivity index (χ2v) is 3.94. The minimum absolute atomic E-state index is 0.0397. The molecule has 0 amide bonds. The van der Waals surface area contributed by atoms with Crippen LogP contribution in [-0.2, 0) is 4.74 Å². The fraction of sp³-hybridized carbons (Fsp3) is 0.400. The molecule has 2 heteroatoms. The lowest BCUT2D eigenvalue weighted by atomic mass is 10.3. The average molecular weight is 233 g/mol. The lowest BCUT2D eigenvalue weighted by Crippen LogP contribution is -2.13. The Morgan fingerprint density at radius 3 is 2.65 bits per heavy atom. The van der Waals surface area contributed by atoms with Gasteiger partial charge in [0, 0.05) is 0 Å². The Hall–Kier alpha value is -1.41. The number of ether oxygens (including phenoxy) is 1. The fourth-order valence-corrected chi connectivity index (χ4v) is 0.968. The maximum atomic E-state index is 5.56. The first-order valence-electron chi connectivity index (χ1n) is 5.79. The Labute approximate surface area is 105 Å². The van der Waals surface area contributed by atoms with Gasteiger partial charge >= 0.3 is 0 Å². The summed E-state index contributed by atoms with van der Waals surface area (Å²) < 4.78 is 5.56. The molecule has 0 aromatic rings. The Bertz CT molecular complexity index is 313. The highest BCUT2D eigenvalue weighted by Crippen LogP contribution is 1.97. The maximum Gasteiger partial charge on any atom is 0.0891 e. The second kappa shape index (κ2) is 9.79. The predicted octanol–water partition coefficient (Wildman–Crippen LogP) is 3.73. The van der Waals surface area contributed by atoms with Gasteiger partial charge in [-0.3, -0.25) is 4.99 Å². The highest BCUT2D eigenvalue weighted by atomic mass is 16.5. The smallest absolute Gasteiger partial charge is 0.0891 e. The third-order valence-electron chi connectivity index (χ3n) is 1.99. The summed E-state index contributed by atoms with van der Waals surface area (Å²) in [4.78, 5) is 4.44. The molecule has 2 nitrogen and oxygen atoms in total. The molecular formula is C15H23NO. The highest BCUT2D eigenvalue weighted by molar-refractivity contribution is 5.96. The quantitative estimate of drug-likeness (QED) is 0.439. The van der Waals surface area contributed by atoms with Crippen molar-refractivity contribution in [3.05, 3.63) is 49.6 Å². The topological polar surface area (TPSA) is 21.6 Å². The number of hydrogen-bond acceptors (Lipinski definition) is 2. The van der Waals surface area contributed by atoms with Gasteiger partial charge in [-0.25, -0.2) is 0 Å². The largest absolute Gasteiger partial charge is 0.368 e. The molecule has 0 fully saturated rings. The van der Waals surface area contributed by atoms with E-state index in [4.69, 9.17) is 4.74 Å². The molecule has 0 rings (SSSR count). The summed E-state index contributed by atoms with van der Waals surface area (Å²) >= 11 is 0. The van der Waals surface area contributed by atoms with Crippen molar-refractivity contribution >= 4 is 5.71 Å². The molecule has 0 spiro atoms. The van der Waals surface area contributed by atoms with E-state index in [9.17, 15) is 0 Å². The summed E-state index contributed by atoms with van der Waals surface area (Å²) in [6, 6.07) is 0. The van der Waals surface area contributed by atoms with Gasteiger partial charge in [-0.2, -0.15) is 0 Å². The van der Waals surface area contributed by atoms with Crippen LogP contribution >= 0.6 is 0 Å². The van der Waals surface area contributed by atoms with Gasteiger partial charge in [-0.1, -0.05) is 30.4 Å². The molecule has 1 atom stereocenters. The van der Waals surface area contributed by atoms with Crippen LogP contribution in [0.4, 0.5) is 0 Å². The minimum atomic E-state index is 0.0397. The molecule has 0 aliphatic carbocycles. The van der Waals surface area contributed by atoms with E-state index in [0.29, 0.717) is 13.2 Å². The first kappa shape index (κ1) is 15.6. The van der Waals surface area contributed by atoms with E-state index >= 15 is 0 Å². The normalized spacial score (nSPS) is 13.6. The molecule has 1 unspecified atom stereocenters. The monoisotopic (exact) mass is 233 g/mol. The molecule has 0 saturated heterocycles. The second-order valence-electron chi connectivity index (χ2n) is 3.94. The van der Waals surface area contributed by atoms with E-state index in [1.54, 1.807) is 6.08 Å². The van der Waals surface area contributed by atoms with E-state index in [2.05, 4.69) is 24.7 Å². The zero-order valence-electron chi connectivity index (χ0n) is 11.0. The standard InChI is InChI=1S/C15H23NO/c1-6-8-9-10-15(16-11-13(3)4)12-17-14(5)7-2/h6-7,9-10,14H,1-3,8,11-12H2,4-5H3/b10-9-,16-15?. The summed E-state index contributed by atoms with van der Waals surface area (Å²) in [5.74, 6) is 0. The number of nitrogens with zero attached hydrogens (tertiary/aromatic N) is 1. The molecule has 0 aliphatic rings. The van der Waals surface area contributed by atoms with Crippen LogP contribution in [0.1, 0.15) is 20.3 Å². The summed E-state index contributed by atoms with van der Waals surface area (Å²) in [6.07, 6.45) is 8.48. The fourth-order valence-electron chi connectivity index (χ4n) is 0.968.